The van der Waals surface area contributed by atoms with Crippen molar-refractivity contribution in [3.63, 3.8) is 0 Å². The maximum atomic E-state index is 5.02. The van der Waals surface area contributed by atoms with Crippen LogP contribution in [0, 0.1) is 13.8 Å². The Balaban J connectivity index is 1.27. The van der Waals surface area contributed by atoms with Crippen LogP contribution < -0.4 is 0 Å². The number of allylic oxidation sites excluding steroid dienone is 2. The van der Waals surface area contributed by atoms with Crippen molar-refractivity contribution in [1.82, 2.24) is 9.97 Å². The Kier molecular flexibility index (Phi) is 8.73. The van der Waals surface area contributed by atoms with E-state index in [1.807, 2.05) is 12.4 Å². The van der Waals surface area contributed by atoms with Crippen molar-refractivity contribution in [2.24, 2.45) is 0 Å². The molecule has 0 bridgehead atoms. The van der Waals surface area contributed by atoms with Gasteiger partial charge in [0, 0.05) is 0 Å². The number of benzene rings is 4. The van der Waals surface area contributed by atoms with Crippen LogP contribution in [-0.4, -0.2) is 9.97 Å². The molecule has 2 aromatic heterocycles. The van der Waals surface area contributed by atoms with Gasteiger partial charge >= 0.3 is 304 Å². The average molecular weight is 712 g/mol. The second-order valence-electron chi connectivity index (χ2n) is 13.4. The molecule has 8 rings (SSSR count). The van der Waals surface area contributed by atoms with Crippen LogP contribution in [0.25, 0.3) is 45.6 Å². The fourth-order valence-corrected chi connectivity index (χ4v) is 12.4. The Labute approximate surface area is 302 Å². The summed E-state index contributed by atoms with van der Waals surface area (Å²) >= 11 is -1.29. The van der Waals surface area contributed by atoms with Gasteiger partial charge in [-0.1, -0.05) is 0 Å². The van der Waals surface area contributed by atoms with Gasteiger partial charge in [0.2, 0.25) is 0 Å². The Hall–Kier alpha value is -4.46. The molecule has 0 amide bonds. The first-order valence-corrected chi connectivity index (χ1v) is 20.3. The van der Waals surface area contributed by atoms with Crippen molar-refractivity contribution >= 4 is 23.3 Å². The van der Waals surface area contributed by atoms with Gasteiger partial charge in [-0.25, -0.2) is 0 Å². The molecule has 238 valence electrons. The predicted octanol–water partition coefficient (Wildman–Crippen LogP) is 11.5. The van der Waals surface area contributed by atoms with E-state index in [0.29, 0.717) is 7.25 Å². The molecule has 2 atom stereocenters. The molecule has 0 saturated carbocycles. The molecule has 3 heteroatoms. The Morgan fingerprint density at radius 3 is 1.31 bits per heavy atom. The van der Waals surface area contributed by atoms with E-state index in [1.165, 1.54) is 77.9 Å². The average Bonchev–Trinajstić information content (AvgIpc) is 3.71. The second kappa shape index (κ2) is 13.5. The molecule has 0 N–H and O–H groups in total. The van der Waals surface area contributed by atoms with Crippen LogP contribution in [0.15, 0.2) is 122 Å². The van der Waals surface area contributed by atoms with E-state index in [-0.39, 0.29) is 0 Å². The van der Waals surface area contributed by atoms with E-state index < -0.39 is 23.2 Å². The molecular formula is C46H40N2Zr. The number of nitrogens with zero attached hydrogens (tertiary/aromatic N) is 2. The molecular weight excluding hydrogens is 672 g/mol. The van der Waals surface area contributed by atoms with Crippen LogP contribution in [0.4, 0.5) is 0 Å². The monoisotopic (exact) mass is 710 g/mol. The van der Waals surface area contributed by atoms with Crippen molar-refractivity contribution in [2.75, 3.05) is 0 Å². The number of hydrogen-bond donors (Lipinski definition) is 0. The van der Waals surface area contributed by atoms with Crippen LogP contribution in [0.3, 0.4) is 0 Å². The normalized spacial score (nSPS) is 16.2. The summed E-state index contributed by atoms with van der Waals surface area (Å²) in [7, 11) is 0. The molecule has 2 aliphatic rings. The van der Waals surface area contributed by atoms with Crippen molar-refractivity contribution < 1.29 is 23.2 Å². The minimum atomic E-state index is -1.29. The third-order valence-corrected chi connectivity index (χ3v) is 14.9. The summed E-state index contributed by atoms with van der Waals surface area (Å²) in [6.07, 6.45) is 11.1. The predicted molar refractivity (Wildman–Crippen MR) is 202 cm³/mol. The molecule has 6 aromatic rings. The summed E-state index contributed by atoms with van der Waals surface area (Å²) in [4.78, 5) is 10.0. The van der Waals surface area contributed by atoms with Crippen molar-refractivity contribution in [1.29, 1.82) is 0 Å². The Bertz CT molecular complexity index is 2050. The van der Waals surface area contributed by atoms with E-state index in [1.54, 1.807) is 0 Å². The van der Waals surface area contributed by atoms with Gasteiger partial charge in [-0.2, -0.15) is 0 Å². The van der Waals surface area contributed by atoms with Crippen molar-refractivity contribution in [2.45, 2.75) is 47.8 Å². The van der Waals surface area contributed by atoms with E-state index >= 15 is 0 Å². The summed E-state index contributed by atoms with van der Waals surface area (Å²) in [6, 6.07) is 41.1. The van der Waals surface area contributed by atoms with Gasteiger partial charge in [0.1, 0.15) is 0 Å². The van der Waals surface area contributed by atoms with Gasteiger partial charge in [-0.05, 0) is 0 Å². The molecule has 4 aromatic carbocycles. The van der Waals surface area contributed by atoms with Crippen LogP contribution in [0.5, 0.6) is 0 Å². The fraction of sp³-hybridized carbons (Fsp3) is 0.174. The fourth-order valence-electron chi connectivity index (χ4n) is 7.39. The quantitative estimate of drug-likeness (QED) is 0.157. The molecule has 49 heavy (non-hydrogen) atoms. The van der Waals surface area contributed by atoms with Gasteiger partial charge in [0.25, 0.3) is 0 Å². The first kappa shape index (κ1) is 31.8. The topological polar surface area (TPSA) is 25.8 Å². The van der Waals surface area contributed by atoms with E-state index in [2.05, 4.69) is 149 Å². The summed E-state index contributed by atoms with van der Waals surface area (Å²) in [6.45, 7) is 8.68. The van der Waals surface area contributed by atoms with Gasteiger partial charge in [0.05, 0.1) is 0 Å². The Morgan fingerprint density at radius 2 is 0.939 bits per heavy atom. The van der Waals surface area contributed by atoms with E-state index in [4.69, 9.17) is 9.97 Å². The van der Waals surface area contributed by atoms with Crippen LogP contribution in [0.1, 0.15) is 77.0 Å². The molecule has 0 fully saturated rings. The van der Waals surface area contributed by atoms with E-state index in [0.717, 1.165) is 24.2 Å². The number of fused-ring (bicyclic) bond motifs is 2. The first-order valence-electron chi connectivity index (χ1n) is 17.5. The van der Waals surface area contributed by atoms with E-state index in [9.17, 15) is 0 Å². The summed E-state index contributed by atoms with van der Waals surface area (Å²) in [5.74, 6) is 0. The zero-order valence-electron chi connectivity index (χ0n) is 28.7. The van der Waals surface area contributed by atoms with Gasteiger partial charge < -0.3 is 0 Å². The molecule has 2 nitrogen and oxygen atoms in total. The molecule has 2 heterocycles. The van der Waals surface area contributed by atoms with Gasteiger partial charge in [-0.15, -0.1) is 0 Å². The van der Waals surface area contributed by atoms with Crippen LogP contribution in [0.2, 0.25) is 0 Å². The Morgan fingerprint density at radius 1 is 0.510 bits per heavy atom. The molecule has 0 spiro atoms. The molecule has 0 aliphatic heterocycles. The number of pyridine rings is 2. The third-order valence-electron chi connectivity index (χ3n) is 10.2. The van der Waals surface area contributed by atoms with Crippen LogP contribution in [-0.2, 0) is 36.1 Å². The standard InChI is InChI=1S/2C23H20N.Zr/c2*1-3-17-8-10-18(11-9-17)21-6-4-5-19-13-20(14-22(19)21)23-12-7-16(2)15-24-23;/h2*4-15H,3H2,1-2H3;. The van der Waals surface area contributed by atoms with Crippen molar-refractivity contribution in [3.05, 3.63) is 177 Å². The van der Waals surface area contributed by atoms with Crippen molar-refractivity contribution in [3.8, 4) is 22.3 Å². The number of aryl methyl sites for hydroxylation is 4. The first-order chi connectivity index (χ1) is 24.0. The summed E-state index contributed by atoms with van der Waals surface area (Å²) in [5, 5.41) is 0. The number of rotatable bonds is 8. The zero-order chi connectivity index (χ0) is 33.5. The van der Waals surface area contributed by atoms with Gasteiger partial charge in [0.15, 0.2) is 0 Å². The minimum absolute atomic E-state index is 0.348. The number of hydrogen-bond acceptors (Lipinski definition) is 2. The number of aromatic nitrogens is 2. The molecule has 2 aliphatic carbocycles. The zero-order valence-corrected chi connectivity index (χ0v) is 31.1. The molecule has 2 unspecified atom stereocenters. The second-order valence-corrected chi connectivity index (χ2v) is 17.0. The van der Waals surface area contributed by atoms with Crippen LogP contribution >= 0.6 is 0 Å². The van der Waals surface area contributed by atoms with Gasteiger partial charge in [-0.3, -0.25) is 0 Å². The summed E-state index contributed by atoms with van der Waals surface area (Å²) in [5.41, 5.74) is 20.9. The molecule has 0 radical (unpaired) electrons. The third kappa shape index (κ3) is 6.04. The maximum absolute atomic E-state index is 5.02. The molecule has 0 saturated heterocycles. The summed E-state index contributed by atoms with van der Waals surface area (Å²) < 4.78 is 0.696. The SMILES string of the molecule is CCc1ccc(-c2cccc3c2C=C(c2ccc(C)cn2)[CH]3[Zr][CH]2C(c3ccc(C)cn3)=Cc3c(-c4ccc(CC)cc4)cccc32)cc1.